The molecule has 2 aromatic heterocycles. The molecule has 1 amide bonds. The van der Waals surface area contributed by atoms with Gasteiger partial charge in [0.25, 0.3) is 5.56 Å². The molecule has 7 heteroatoms. The number of amides is 1. The number of nitrogens with zero attached hydrogens (tertiary/aromatic N) is 3. The van der Waals surface area contributed by atoms with E-state index in [1.54, 1.807) is 56.8 Å². The van der Waals surface area contributed by atoms with Gasteiger partial charge in [0.05, 0.1) is 17.6 Å². The number of anilines is 2. The van der Waals surface area contributed by atoms with Crippen LogP contribution in [0.3, 0.4) is 0 Å². The lowest BCUT2D eigenvalue weighted by molar-refractivity contribution is 0.1000. The van der Waals surface area contributed by atoms with Crippen LogP contribution in [-0.2, 0) is 7.05 Å². The number of nitrogens with one attached hydrogen (secondary N) is 1. The van der Waals surface area contributed by atoms with Gasteiger partial charge in [-0.2, -0.15) is 0 Å². The van der Waals surface area contributed by atoms with Gasteiger partial charge in [0.2, 0.25) is 5.91 Å². The molecule has 7 nitrogen and oxygen atoms in total. The number of hydrogen-bond donors (Lipinski definition) is 2. The molecule has 0 spiro atoms. The molecule has 0 saturated heterocycles. The molecule has 0 atom stereocenters. The fourth-order valence-electron chi connectivity index (χ4n) is 2.57. The Bertz CT molecular complexity index is 996. The molecule has 3 N–H and O–H groups in total. The molecule has 1 aromatic carbocycles. The second-order valence-corrected chi connectivity index (χ2v) is 5.60. The summed E-state index contributed by atoms with van der Waals surface area (Å²) in [6, 6.07) is 8.79. The van der Waals surface area contributed by atoms with Crippen molar-refractivity contribution in [2.75, 3.05) is 5.32 Å². The standard InChI is InChI=1S/C18H17N5O2/c1-11-13(6-3-7-14(11)16(19)24)15-10-23(2)18(25)17(22-15)21-12-5-4-8-20-9-12/h3-10H,1-2H3,(H2,19,24)(H,21,22). The van der Waals surface area contributed by atoms with Gasteiger partial charge in [0.15, 0.2) is 5.82 Å². The minimum absolute atomic E-state index is 0.178. The largest absolute Gasteiger partial charge is 0.366 e. The molecule has 126 valence electrons. The van der Waals surface area contributed by atoms with E-state index >= 15 is 0 Å². The first-order valence-corrected chi connectivity index (χ1v) is 7.62. The molecule has 0 unspecified atom stereocenters. The number of pyridine rings is 1. The first-order chi connectivity index (χ1) is 12.0. The summed E-state index contributed by atoms with van der Waals surface area (Å²) in [5.74, 6) is -0.324. The van der Waals surface area contributed by atoms with Gasteiger partial charge in [-0.25, -0.2) is 4.98 Å². The SMILES string of the molecule is Cc1c(C(N)=O)cccc1-c1cn(C)c(=O)c(Nc2cccnc2)n1. The Hall–Kier alpha value is -3.48. The second-order valence-electron chi connectivity index (χ2n) is 5.60. The van der Waals surface area contributed by atoms with E-state index in [1.807, 2.05) is 6.07 Å². The molecule has 3 rings (SSSR count). The molecular weight excluding hydrogens is 318 g/mol. The number of carbonyl (C=O) groups excluding carboxylic acids is 1. The number of hydrogen-bond acceptors (Lipinski definition) is 5. The average Bonchev–Trinajstić information content (AvgIpc) is 2.59. The highest BCUT2D eigenvalue weighted by Crippen LogP contribution is 2.24. The van der Waals surface area contributed by atoms with E-state index in [9.17, 15) is 9.59 Å². The fourth-order valence-corrected chi connectivity index (χ4v) is 2.57. The van der Waals surface area contributed by atoms with Gasteiger partial charge in [-0.3, -0.25) is 14.6 Å². The third-order valence-electron chi connectivity index (χ3n) is 3.87. The van der Waals surface area contributed by atoms with Crippen molar-refractivity contribution in [3.05, 3.63) is 70.4 Å². The van der Waals surface area contributed by atoms with E-state index < -0.39 is 5.91 Å². The van der Waals surface area contributed by atoms with Crippen molar-refractivity contribution in [3.8, 4) is 11.3 Å². The summed E-state index contributed by atoms with van der Waals surface area (Å²) in [4.78, 5) is 32.4. The number of benzene rings is 1. The average molecular weight is 335 g/mol. The summed E-state index contributed by atoms with van der Waals surface area (Å²) in [6.07, 6.45) is 4.88. The lowest BCUT2D eigenvalue weighted by atomic mass is 10.00. The lowest BCUT2D eigenvalue weighted by Gasteiger charge is -2.12. The minimum atomic E-state index is -0.502. The number of carbonyl (C=O) groups is 1. The maximum atomic E-state index is 12.4. The Morgan fingerprint density at radius 3 is 2.72 bits per heavy atom. The number of aromatic nitrogens is 3. The molecular formula is C18H17N5O2. The highest BCUT2D eigenvalue weighted by atomic mass is 16.1. The summed E-state index contributed by atoms with van der Waals surface area (Å²) in [6.45, 7) is 1.80. The van der Waals surface area contributed by atoms with Gasteiger partial charge < -0.3 is 15.6 Å². The van der Waals surface area contributed by atoms with E-state index in [-0.39, 0.29) is 11.4 Å². The Balaban J connectivity index is 2.11. The normalized spacial score (nSPS) is 10.5. The van der Waals surface area contributed by atoms with Crippen LogP contribution in [0.1, 0.15) is 15.9 Å². The van der Waals surface area contributed by atoms with Gasteiger partial charge in [-0.1, -0.05) is 12.1 Å². The van der Waals surface area contributed by atoms with E-state index in [0.29, 0.717) is 22.5 Å². The van der Waals surface area contributed by atoms with Crippen molar-refractivity contribution >= 4 is 17.4 Å². The van der Waals surface area contributed by atoms with Crippen molar-refractivity contribution in [3.63, 3.8) is 0 Å². The van der Waals surface area contributed by atoms with Gasteiger partial charge >= 0.3 is 0 Å². The van der Waals surface area contributed by atoms with Crippen LogP contribution in [0.15, 0.2) is 53.7 Å². The summed E-state index contributed by atoms with van der Waals surface area (Å²) >= 11 is 0. The van der Waals surface area contributed by atoms with E-state index in [4.69, 9.17) is 5.73 Å². The molecule has 0 bridgehead atoms. The van der Waals surface area contributed by atoms with Crippen LogP contribution in [-0.4, -0.2) is 20.4 Å². The quantitative estimate of drug-likeness (QED) is 0.759. The van der Waals surface area contributed by atoms with Gasteiger partial charge in [0.1, 0.15) is 0 Å². The topological polar surface area (TPSA) is 103 Å². The zero-order valence-corrected chi connectivity index (χ0v) is 13.9. The van der Waals surface area contributed by atoms with E-state index in [0.717, 1.165) is 5.56 Å². The first-order valence-electron chi connectivity index (χ1n) is 7.62. The fraction of sp³-hybridized carbons (Fsp3) is 0.111. The number of rotatable bonds is 4. The van der Waals surface area contributed by atoms with Crippen molar-refractivity contribution < 1.29 is 4.79 Å². The first kappa shape index (κ1) is 16.4. The molecule has 0 aliphatic rings. The summed E-state index contributed by atoms with van der Waals surface area (Å²) in [5, 5.41) is 2.98. The molecule has 3 aromatic rings. The van der Waals surface area contributed by atoms with E-state index in [1.165, 1.54) is 4.57 Å². The minimum Gasteiger partial charge on any atom is -0.366 e. The van der Waals surface area contributed by atoms with Crippen LogP contribution in [0.4, 0.5) is 11.5 Å². The van der Waals surface area contributed by atoms with Gasteiger partial charge in [-0.05, 0) is 30.7 Å². The second kappa shape index (κ2) is 6.56. The molecule has 0 fully saturated rings. The Labute approximate surface area is 144 Å². The monoisotopic (exact) mass is 335 g/mol. The summed E-state index contributed by atoms with van der Waals surface area (Å²) < 4.78 is 1.44. The highest BCUT2D eigenvalue weighted by molar-refractivity contribution is 5.96. The van der Waals surface area contributed by atoms with Crippen LogP contribution < -0.4 is 16.6 Å². The van der Waals surface area contributed by atoms with Crippen molar-refractivity contribution in [2.24, 2.45) is 12.8 Å². The smallest absolute Gasteiger partial charge is 0.293 e. The maximum Gasteiger partial charge on any atom is 0.293 e. The molecule has 0 aliphatic heterocycles. The molecule has 25 heavy (non-hydrogen) atoms. The van der Waals surface area contributed by atoms with Crippen LogP contribution in [0.5, 0.6) is 0 Å². The lowest BCUT2D eigenvalue weighted by Crippen LogP contribution is -2.21. The number of aryl methyl sites for hydroxylation is 1. The zero-order chi connectivity index (χ0) is 18.0. The maximum absolute atomic E-state index is 12.4. The van der Waals surface area contributed by atoms with Crippen molar-refractivity contribution in [1.29, 1.82) is 0 Å². The zero-order valence-electron chi connectivity index (χ0n) is 13.9. The molecule has 2 heterocycles. The Morgan fingerprint density at radius 1 is 1.24 bits per heavy atom. The highest BCUT2D eigenvalue weighted by Gasteiger charge is 2.14. The molecule has 0 radical (unpaired) electrons. The summed E-state index contributed by atoms with van der Waals surface area (Å²) in [7, 11) is 1.65. The predicted octanol–water partition coefficient (Wildman–Crippen LogP) is 1.99. The van der Waals surface area contributed by atoms with Crippen LogP contribution in [0.2, 0.25) is 0 Å². The van der Waals surface area contributed by atoms with Crippen molar-refractivity contribution in [2.45, 2.75) is 6.92 Å². The summed E-state index contributed by atoms with van der Waals surface area (Å²) in [5.41, 5.74) is 8.25. The third kappa shape index (κ3) is 3.25. The molecule has 0 aliphatic carbocycles. The third-order valence-corrected chi connectivity index (χ3v) is 3.87. The number of primary amides is 1. The van der Waals surface area contributed by atoms with Crippen LogP contribution >= 0.6 is 0 Å². The molecule has 0 saturated carbocycles. The number of nitrogens with two attached hydrogens (primary N) is 1. The van der Waals surface area contributed by atoms with Crippen LogP contribution in [0.25, 0.3) is 11.3 Å². The van der Waals surface area contributed by atoms with Crippen LogP contribution in [0, 0.1) is 6.92 Å². The van der Waals surface area contributed by atoms with Gasteiger partial charge in [-0.15, -0.1) is 0 Å². The Kier molecular flexibility index (Phi) is 4.30. The van der Waals surface area contributed by atoms with Crippen molar-refractivity contribution in [1.82, 2.24) is 14.5 Å². The Morgan fingerprint density at radius 2 is 2.04 bits per heavy atom. The predicted molar refractivity (Wildman–Crippen MR) is 95.7 cm³/mol. The van der Waals surface area contributed by atoms with E-state index in [2.05, 4.69) is 15.3 Å². The van der Waals surface area contributed by atoms with Gasteiger partial charge in [0, 0.05) is 30.6 Å².